The van der Waals surface area contributed by atoms with Gasteiger partial charge >= 0.3 is 0 Å². The number of anilines is 1. The number of nitrogens with zero attached hydrogens (tertiary/aromatic N) is 3. The SMILES string of the molecule is Cc1nc(N(C)C2CCCC(C)C2)ncc1CN. The van der Waals surface area contributed by atoms with E-state index in [9.17, 15) is 0 Å². The summed E-state index contributed by atoms with van der Waals surface area (Å²) < 4.78 is 0. The van der Waals surface area contributed by atoms with Crippen molar-refractivity contribution in [3.05, 3.63) is 17.5 Å². The molecule has 1 heterocycles. The van der Waals surface area contributed by atoms with E-state index in [0.29, 0.717) is 12.6 Å². The molecule has 100 valence electrons. The van der Waals surface area contributed by atoms with Crippen LogP contribution < -0.4 is 10.6 Å². The Bertz CT molecular complexity index is 405. The van der Waals surface area contributed by atoms with Gasteiger partial charge in [0, 0.05) is 37.1 Å². The van der Waals surface area contributed by atoms with Crippen molar-refractivity contribution in [2.24, 2.45) is 11.7 Å². The molecule has 1 fully saturated rings. The van der Waals surface area contributed by atoms with Crippen LogP contribution in [-0.4, -0.2) is 23.1 Å². The van der Waals surface area contributed by atoms with Crippen molar-refractivity contribution in [3.8, 4) is 0 Å². The summed E-state index contributed by atoms with van der Waals surface area (Å²) in [4.78, 5) is 11.3. The molecule has 1 aromatic rings. The fourth-order valence-electron chi connectivity index (χ4n) is 2.77. The summed E-state index contributed by atoms with van der Waals surface area (Å²) in [6.07, 6.45) is 7.03. The minimum atomic E-state index is 0.510. The number of rotatable bonds is 3. The van der Waals surface area contributed by atoms with Gasteiger partial charge in [-0.15, -0.1) is 0 Å². The largest absolute Gasteiger partial charge is 0.341 e. The molecular formula is C14H24N4. The molecule has 1 aliphatic carbocycles. The number of aryl methyl sites for hydroxylation is 1. The van der Waals surface area contributed by atoms with Crippen molar-refractivity contribution in [1.82, 2.24) is 9.97 Å². The van der Waals surface area contributed by atoms with E-state index in [2.05, 4.69) is 28.8 Å². The predicted molar refractivity (Wildman–Crippen MR) is 74.5 cm³/mol. The predicted octanol–water partition coefficient (Wildman–Crippen LogP) is 2.26. The molecule has 0 radical (unpaired) electrons. The minimum absolute atomic E-state index is 0.510. The Labute approximate surface area is 110 Å². The Kier molecular flexibility index (Phi) is 4.17. The Morgan fingerprint density at radius 3 is 2.83 bits per heavy atom. The highest BCUT2D eigenvalue weighted by molar-refractivity contribution is 5.33. The summed E-state index contributed by atoms with van der Waals surface area (Å²) in [5, 5.41) is 0. The van der Waals surface area contributed by atoms with Crippen LogP contribution in [0.25, 0.3) is 0 Å². The molecule has 1 aliphatic rings. The smallest absolute Gasteiger partial charge is 0.225 e. The molecule has 0 spiro atoms. The topological polar surface area (TPSA) is 55.0 Å². The summed E-state index contributed by atoms with van der Waals surface area (Å²) in [7, 11) is 2.11. The van der Waals surface area contributed by atoms with Crippen molar-refractivity contribution in [1.29, 1.82) is 0 Å². The molecule has 0 amide bonds. The van der Waals surface area contributed by atoms with Crippen molar-refractivity contribution >= 4 is 5.95 Å². The van der Waals surface area contributed by atoms with Crippen molar-refractivity contribution in [2.45, 2.75) is 52.1 Å². The van der Waals surface area contributed by atoms with Crippen LogP contribution >= 0.6 is 0 Å². The normalized spacial score (nSPS) is 24.0. The Balaban J connectivity index is 2.12. The van der Waals surface area contributed by atoms with Gasteiger partial charge in [-0.3, -0.25) is 0 Å². The van der Waals surface area contributed by atoms with E-state index < -0.39 is 0 Å². The van der Waals surface area contributed by atoms with Crippen LogP contribution in [0.3, 0.4) is 0 Å². The van der Waals surface area contributed by atoms with Gasteiger partial charge in [0.1, 0.15) is 0 Å². The minimum Gasteiger partial charge on any atom is -0.341 e. The molecule has 0 aromatic carbocycles. The van der Waals surface area contributed by atoms with Gasteiger partial charge in [0.25, 0.3) is 0 Å². The first-order valence-corrected chi connectivity index (χ1v) is 6.87. The first-order chi connectivity index (χ1) is 8.61. The Morgan fingerprint density at radius 1 is 1.44 bits per heavy atom. The van der Waals surface area contributed by atoms with E-state index in [-0.39, 0.29) is 0 Å². The third-order valence-electron chi connectivity index (χ3n) is 4.06. The van der Waals surface area contributed by atoms with E-state index in [4.69, 9.17) is 5.73 Å². The van der Waals surface area contributed by atoms with Crippen LogP contribution in [0.1, 0.15) is 43.9 Å². The molecule has 2 rings (SSSR count). The van der Waals surface area contributed by atoms with Crippen LogP contribution in [0.5, 0.6) is 0 Å². The van der Waals surface area contributed by atoms with Crippen LogP contribution in [0, 0.1) is 12.8 Å². The number of hydrogen-bond acceptors (Lipinski definition) is 4. The van der Waals surface area contributed by atoms with Crippen LogP contribution in [0.2, 0.25) is 0 Å². The molecule has 0 bridgehead atoms. The van der Waals surface area contributed by atoms with Gasteiger partial charge in [0.15, 0.2) is 0 Å². The molecule has 18 heavy (non-hydrogen) atoms. The summed E-state index contributed by atoms with van der Waals surface area (Å²) >= 11 is 0. The van der Waals surface area contributed by atoms with Gasteiger partial charge < -0.3 is 10.6 Å². The maximum absolute atomic E-state index is 5.64. The van der Waals surface area contributed by atoms with Crippen molar-refractivity contribution in [2.75, 3.05) is 11.9 Å². The van der Waals surface area contributed by atoms with Crippen LogP contribution in [-0.2, 0) is 6.54 Å². The van der Waals surface area contributed by atoms with E-state index in [1.54, 1.807) is 0 Å². The second-order valence-corrected chi connectivity index (χ2v) is 5.52. The second kappa shape index (κ2) is 5.65. The third-order valence-corrected chi connectivity index (χ3v) is 4.06. The highest BCUT2D eigenvalue weighted by Gasteiger charge is 2.24. The zero-order chi connectivity index (χ0) is 13.1. The van der Waals surface area contributed by atoms with E-state index in [1.165, 1.54) is 25.7 Å². The Morgan fingerprint density at radius 2 is 2.22 bits per heavy atom. The number of aromatic nitrogens is 2. The van der Waals surface area contributed by atoms with Crippen molar-refractivity contribution < 1.29 is 0 Å². The second-order valence-electron chi connectivity index (χ2n) is 5.52. The maximum Gasteiger partial charge on any atom is 0.225 e. The van der Waals surface area contributed by atoms with Gasteiger partial charge in [0.2, 0.25) is 5.95 Å². The fraction of sp³-hybridized carbons (Fsp3) is 0.714. The van der Waals surface area contributed by atoms with E-state index >= 15 is 0 Å². The summed E-state index contributed by atoms with van der Waals surface area (Å²) in [5.41, 5.74) is 7.67. The summed E-state index contributed by atoms with van der Waals surface area (Å²) in [6.45, 7) is 4.85. The first kappa shape index (κ1) is 13.3. The highest BCUT2D eigenvalue weighted by atomic mass is 15.3. The first-order valence-electron chi connectivity index (χ1n) is 6.87. The molecule has 4 heteroatoms. The zero-order valence-corrected chi connectivity index (χ0v) is 11.7. The molecule has 2 unspecified atom stereocenters. The maximum atomic E-state index is 5.64. The molecular weight excluding hydrogens is 224 g/mol. The average Bonchev–Trinajstić information content (AvgIpc) is 2.37. The lowest BCUT2D eigenvalue weighted by atomic mass is 9.86. The molecule has 1 saturated carbocycles. The molecule has 0 aliphatic heterocycles. The van der Waals surface area contributed by atoms with Gasteiger partial charge in [0.05, 0.1) is 0 Å². The monoisotopic (exact) mass is 248 g/mol. The highest BCUT2D eigenvalue weighted by Crippen LogP contribution is 2.28. The standard InChI is InChI=1S/C14H24N4/c1-10-5-4-6-13(7-10)18(3)14-16-9-12(8-15)11(2)17-14/h9-10,13H,4-8,15H2,1-3H3. The van der Waals surface area contributed by atoms with Gasteiger partial charge in [-0.25, -0.2) is 9.97 Å². The molecule has 2 atom stereocenters. The van der Waals surface area contributed by atoms with Gasteiger partial charge in [-0.05, 0) is 25.7 Å². The lowest BCUT2D eigenvalue weighted by Crippen LogP contribution is -2.36. The molecule has 2 N–H and O–H groups in total. The zero-order valence-electron chi connectivity index (χ0n) is 11.7. The third kappa shape index (κ3) is 2.80. The quantitative estimate of drug-likeness (QED) is 0.891. The molecule has 1 aromatic heterocycles. The number of hydrogen-bond donors (Lipinski definition) is 1. The van der Waals surface area contributed by atoms with Gasteiger partial charge in [-0.2, -0.15) is 0 Å². The fourth-order valence-corrected chi connectivity index (χ4v) is 2.77. The lowest BCUT2D eigenvalue weighted by molar-refractivity contribution is 0.334. The summed E-state index contributed by atoms with van der Waals surface area (Å²) in [6, 6.07) is 0.580. The van der Waals surface area contributed by atoms with Crippen LogP contribution in [0.4, 0.5) is 5.95 Å². The number of nitrogens with two attached hydrogens (primary N) is 1. The summed E-state index contributed by atoms with van der Waals surface area (Å²) in [5.74, 6) is 1.65. The van der Waals surface area contributed by atoms with Gasteiger partial charge in [-0.1, -0.05) is 19.8 Å². The van der Waals surface area contributed by atoms with Crippen LogP contribution in [0.15, 0.2) is 6.20 Å². The Hall–Kier alpha value is -1.16. The molecule has 0 saturated heterocycles. The molecule has 4 nitrogen and oxygen atoms in total. The van der Waals surface area contributed by atoms with E-state index in [1.807, 2.05) is 13.1 Å². The average molecular weight is 248 g/mol. The lowest BCUT2D eigenvalue weighted by Gasteiger charge is -2.34. The van der Waals surface area contributed by atoms with Crippen molar-refractivity contribution in [3.63, 3.8) is 0 Å². The van der Waals surface area contributed by atoms with E-state index in [0.717, 1.165) is 23.1 Å².